The van der Waals surface area contributed by atoms with Crippen LogP contribution in [-0.2, 0) is 0 Å². The van der Waals surface area contributed by atoms with Crippen molar-refractivity contribution in [3.63, 3.8) is 0 Å². The molecule has 0 spiro atoms. The number of hydrogen-bond donors (Lipinski definition) is 0. The van der Waals surface area contributed by atoms with Crippen LogP contribution in [0.3, 0.4) is 0 Å². The first kappa shape index (κ1) is 19.4. The summed E-state index contributed by atoms with van der Waals surface area (Å²) in [5.74, 6) is 3.35. The molecule has 2 aromatic rings. The van der Waals surface area contributed by atoms with Crippen molar-refractivity contribution in [2.45, 2.75) is 13.8 Å². The number of rotatable bonds is 7. The molecule has 137 valence electrons. The molecule has 0 aliphatic heterocycles. The zero-order valence-corrected chi connectivity index (χ0v) is 16.8. The molecule has 3 nitrogen and oxygen atoms in total. The van der Waals surface area contributed by atoms with Crippen LogP contribution in [0.15, 0.2) is 30.5 Å². The molecule has 0 atom stereocenters. The SMILES string of the molecule is CC(C)CN(C[C]1[CH][CH][CH][C]1CN(C)C)c1ccnc2cc(Cl)ccc12. The van der Waals surface area contributed by atoms with Crippen LogP contribution in [0.5, 0.6) is 0 Å². The third kappa shape index (κ3) is 4.69. The molecule has 1 aliphatic carbocycles. The highest BCUT2D eigenvalue weighted by Crippen LogP contribution is 2.36. The number of pyridine rings is 1. The van der Waals surface area contributed by atoms with Gasteiger partial charge in [0.2, 0.25) is 0 Å². The van der Waals surface area contributed by atoms with Gasteiger partial charge < -0.3 is 9.80 Å². The molecule has 1 aromatic heterocycles. The summed E-state index contributed by atoms with van der Waals surface area (Å²) in [6, 6.07) is 8.09. The first-order valence-electron chi connectivity index (χ1n) is 9.11. The number of fused-ring (bicyclic) bond motifs is 1. The zero-order chi connectivity index (χ0) is 18.7. The fourth-order valence-corrected chi connectivity index (χ4v) is 3.59. The van der Waals surface area contributed by atoms with E-state index in [9.17, 15) is 0 Å². The lowest BCUT2D eigenvalue weighted by molar-refractivity contribution is 0.426. The van der Waals surface area contributed by atoms with E-state index in [4.69, 9.17) is 11.6 Å². The molecule has 3 rings (SSSR count). The summed E-state index contributed by atoms with van der Waals surface area (Å²) in [6.45, 7) is 7.38. The van der Waals surface area contributed by atoms with Crippen molar-refractivity contribution in [3.8, 4) is 0 Å². The highest BCUT2D eigenvalue weighted by atomic mass is 35.5. The van der Waals surface area contributed by atoms with Gasteiger partial charge in [0.05, 0.1) is 5.52 Å². The Labute approximate surface area is 163 Å². The molecule has 0 bridgehead atoms. The molecule has 26 heavy (non-hydrogen) atoms. The Morgan fingerprint density at radius 3 is 2.46 bits per heavy atom. The fourth-order valence-electron chi connectivity index (χ4n) is 3.42. The maximum atomic E-state index is 6.16. The molecule has 1 aliphatic rings. The smallest absolute Gasteiger partial charge is 0.0737 e. The number of halogens is 1. The molecule has 0 N–H and O–H groups in total. The highest BCUT2D eigenvalue weighted by molar-refractivity contribution is 6.31. The molecule has 4 heteroatoms. The van der Waals surface area contributed by atoms with E-state index in [1.54, 1.807) is 0 Å². The monoisotopic (exact) mass is 368 g/mol. The van der Waals surface area contributed by atoms with E-state index in [0.717, 1.165) is 35.6 Å². The first-order valence-corrected chi connectivity index (χ1v) is 9.49. The molecule has 0 amide bonds. The summed E-state index contributed by atoms with van der Waals surface area (Å²) in [7, 11) is 4.23. The highest BCUT2D eigenvalue weighted by Gasteiger charge is 2.31. The van der Waals surface area contributed by atoms with Crippen LogP contribution in [0.25, 0.3) is 10.9 Å². The van der Waals surface area contributed by atoms with Crippen LogP contribution in [0, 0.1) is 37.0 Å². The molecule has 1 saturated carbocycles. The minimum atomic E-state index is 0.567. The average Bonchev–Trinajstić information content (AvgIpc) is 2.99. The van der Waals surface area contributed by atoms with Crippen molar-refractivity contribution in [1.29, 1.82) is 0 Å². The standard InChI is InChI=1S/C22H27ClN3/c1-16(2)13-26(15-18-7-5-6-17(18)14-25(3)4)22-10-11-24-21-12-19(23)8-9-20(21)22/h5-12,16H,13-15H2,1-4H3. The Morgan fingerprint density at radius 2 is 1.77 bits per heavy atom. The van der Waals surface area contributed by atoms with Gasteiger partial charge in [-0.15, -0.1) is 0 Å². The van der Waals surface area contributed by atoms with Gasteiger partial charge in [-0.2, -0.15) is 0 Å². The predicted octanol–water partition coefficient (Wildman–Crippen LogP) is 4.69. The van der Waals surface area contributed by atoms with Crippen molar-refractivity contribution in [1.82, 2.24) is 9.88 Å². The lowest BCUT2D eigenvalue weighted by Gasteiger charge is -2.32. The second kappa shape index (κ2) is 8.58. The van der Waals surface area contributed by atoms with Crippen LogP contribution in [0.1, 0.15) is 13.8 Å². The predicted molar refractivity (Wildman–Crippen MR) is 112 cm³/mol. The van der Waals surface area contributed by atoms with Crippen LogP contribution in [0.4, 0.5) is 5.69 Å². The molecule has 1 heterocycles. The van der Waals surface area contributed by atoms with Gasteiger partial charge in [0.15, 0.2) is 0 Å². The fraction of sp³-hybridized carbons (Fsp3) is 0.364. The molecule has 1 fully saturated rings. The summed E-state index contributed by atoms with van der Waals surface area (Å²) in [5.41, 5.74) is 2.16. The quantitative estimate of drug-likeness (QED) is 0.706. The Morgan fingerprint density at radius 1 is 1.04 bits per heavy atom. The number of nitrogens with zero attached hydrogens (tertiary/aromatic N) is 3. The second-order valence-corrected chi connectivity index (χ2v) is 8.02. The first-order chi connectivity index (χ1) is 12.4. The van der Waals surface area contributed by atoms with Gasteiger partial charge in [-0.05, 0) is 63.5 Å². The van der Waals surface area contributed by atoms with Gasteiger partial charge >= 0.3 is 0 Å². The minimum absolute atomic E-state index is 0.567. The van der Waals surface area contributed by atoms with Crippen molar-refractivity contribution in [2.24, 2.45) is 5.92 Å². The maximum Gasteiger partial charge on any atom is 0.0737 e. The lowest BCUT2D eigenvalue weighted by Crippen LogP contribution is -2.35. The van der Waals surface area contributed by atoms with E-state index in [0.29, 0.717) is 5.92 Å². The molecule has 1 aromatic carbocycles. The third-order valence-electron chi connectivity index (χ3n) is 4.46. The summed E-state index contributed by atoms with van der Waals surface area (Å²) >= 11 is 6.16. The van der Waals surface area contributed by atoms with Crippen LogP contribution < -0.4 is 4.90 Å². The number of benzene rings is 1. The summed E-state index contributed by atoms with van der Waals surface area (Å²) in [5, 5.41) is 1.88. The van der Waals surface area contributed by atoms with Gasteiger partial charge in [-0.25, -0.2) is 0 Å². The number of aromatic nitrogens is 1. The Balaban J connectivity index is 1.89. The molecular weight excluding hydrogens is 342 g/mol. The Kier molecular flexibility index (Phi) is 6.42. The van der Waals surface area contributed by atoms with E-state index < -0.39 is 0 Å². The van der Waals surface area contributed by atoms with Gasteiger partial charge in [0, 0.05) is 53.8 Å². The maximum absolute atomic E-state index is 6.16. The summed E-state index contributed by atoms with van der Waals surface area (Å²) < 4.78 is 0. The summed E-state index contributed by atoms with van der Waals surface area (Å²) in [6.07, 6.45) is 8.51. The van der Waals surface area contributed by atoms with Gasteiger partial charge in [0.25, 0.3) is 0 Å². The van der Waals surface area contributed by atoms with E-state index in [-0.39, 0.29) is 0 Å². The van der Waals surface area contributed by atoms with Crippen molar-refractivity contribution in [2.75, 3.05) is 38.6 Å². The number of hydrogen-bond acceptors (Lipinski definition) is 3. The average molecular weight is 369 g/mol. The van der Waals surface area contributed by atoms with Crippen LogP contribution in [0.2, 0.25) is 5.02 Å². The number of anilines is 1. The second-order valence-electron chi connectivity index (χ2n) is 7.58. The van der Waals surface area contributed by atoms with Crippen LogP contribution >= 0.6 is 11.6 Å². The summed E-state index contributed by atoms with van der Waals surface area (Å²) in [4.78, 5) is 9.19. The molecule has 5 radical (unpaired) electrons. The largest absolute Gasteiger partial charge is 0.370 e. The van der Waals surface area contributed by atoms with Crippen LogP contribution in [-0.4, -0.2) is 43.6 Å². The van der Waals surface area contributed by atoms with Gasteiger partial charge in [-0.3, -0.25) is 4.98 Å². The van der Waals surface area contributed by atoms with Gasteiger partial charge in [0.1, 0.15) is 0 Å². The molecule has 0 unspecified atom stereocenters. The normalized spacial score (nSPS) is 16.3. The van der Waals surface area contributed by atoms with E-state index in [2.05, 4.69) is 74.1 Å². The van der Waals surface area contributed by atoms with E-state index in [1.807, 2.05) is 18.3 Å². The zero-order valence-electron chi connectivity index (χ0n) is 16.0. The van der Waals surface area contributed by atoms with E-state index in [1.165, 1.54) is 17.5 Å². The molecular formula is C22H27ClN3. The Hall–Kier alpha value is -1.32. The van der Waals surface area contributed by atoms with Gasteiger partial charge in [-0.1, -0.05) is 25.4 Å². The van der Waals surface area contributed by atoms with E-state index >= 15 is 0 Å². The minimum Gasteiger partial charge on any atom is -0.370 e. The lowest BCUT2D eigenvalue weighted by atomic mass is 9.94. The van der Waals surface area contributed by atoms with Crippen molar-refractivity contribution >= 4 is 28.2 Å². The van der Waals surface area contributed by atoms with Crippen molar-refractivity contribution in [3.05, 3.63) is 66.6 Å². The third-order valence-corrected chi connectivity index (χ3v) is 4.70. The topological polar surface area (TPSA) is 19.4 Å². The Bertz CT molecular complexity index is 728. The van der Waals surface area contributed by atoms with Crippen molar-refractivity contribution < 1.29 is 0 Å². The molecule has 0 saturated heterocycles.